The second-order valence-electron chi connectivity index (χ2n) is 8.23. The van der Waals surface area contributed by atoms with Crippen molar-refractivity contribution in [3.63, 3.8) is 0 Å². The van der Waals surface area contributed by atoms with Gasteiger partial charge in [0.25, 0.3) is 0 Å². The molecule has 0 aliphatic rings. The van der Waals surface area contributed by atoms with Crippen LogP contribution in [0.15, 0.2) is 36.4 Å². The first kappa shape index (κ1) is 17.7. The maximum atomic E-state index is 4.27. The summed E-state index contributed by atoms with van der Waals surface area (Å²) in [5.41, 5.74) is 7.53. The van der Waals surface area contributed by atoms with E-state index in [2.05, 4.69) is 93.4 Å². The zero-order valence-corrected chi connectivity index (χ0v) is 16.3. The first-order valence-electron chi connectivity index (χ1n) is 9.25. The van der Waals surface area contributed by atoms with Crippen molar-refractivity contribution in [3.05, 3.63) is 47.5 Å². The molecule has 3 heteroatoms. The molecule has 1 heterocycles. The van der Waals surface area contributed by atoms with Crippen LogP contribution in [0.25, 0.3) is 22.2 Å². The molecule has 3 nitrogen and oxygen atoms in total. The minimum Gasteiger partial charge on any atom is -0.197 e. The summed E-state index contributed by atoms with van der Waals surface area (Å²) in [7, 11) is 0. The predicted octanol–water partition coefficient (Wildman–Crippen LogP) is 6.00. The second kappa shape index (κ2) is 6.29. The number of hydrogen-bond donors (Lipinski definition) is 1. The molecular formula is C22H29N3. The number of hydrogen-bond acceptors (Lipinski definition) is 2. The molecule has 0 radical (unpaired) electrons. The molecule has 0 fully saturated rings. The Bertz CT molecular complexity index is 887. The van der Waals surface area contributed by atoms with Gasteiger partial charge < -0.3 is 0 Å². The van der Waals surface area contributed by atoms with Crippen LogP contribution in [0.4, 0.5) is 0 Å². The molecule has 1 aromatic heterocycles. The smallest absolute Gasteiger partial charge is 0.113 e. The van der Waals surface area contributed by atoms with E-state index in [1.807, 2.05) is 0 Å². The van der Waals surface area contributed by atoms with Gasteiger partial charge in [0.2, 0.25) is 0 Å². The number of nitrogens with one attached hydrogen (secondary N) is 1. The van der Waals surface area contributed by atoms with Crippen molar-refractivity contribution in [2.75, 3.05) is 0 Å². The van der Waals surface area contributed by atoms with Crippen molar-refractivity contribution in [1.82, 2.24) is 15.4 Å². The Kier molecular flexibility index (Phi) is 4.44. The van der Waals surface area contributed by atoms with E-state index in [0.29, 0.717) is 0 Å². The van der Waals surface area contributed by atoms with Crippen molar-refractivity contribution in [1.29, 1.82) is 0 Å². The molecule has 25 heavy (non-hydrogen) atoms. The van der Waals surface area contributed by atoms with E-state index < -0.39 is 0 Å². The second-order valence-corrected chi connectivity index (χ2v) is 8.23. The predicted molar refractivity (Wildman–Crippen MR) is 106 cm³/mol. The van der Waals surface area contributed by atoms with Crippen molar-refractivity contribution < 1.29 is 0 Å². The zero-order chi connectivity index (χ0) is 18.2. The molecule has 0 bridgehead atoms. The number of benzene rings is 2. The average molecular weight is 335 g/mol. The Morgan fingerprint density at radius 1 is 0.840 bits per heavy atom. The Labute approximate surface area is 150 Å². The summed E-state index contributed by atoms with van der Waals surface area (Å²) in [4.78, 5) is 0. The van der Waals surface area contributed by atoms with Gasteiger partial charge in [0.15, 0.2) is 0 Å². The third-order valence-corrected chi connectivity index (χ3v) is 5.87. The largest absolute Gasteiger partial charge is 0.197 e. The molecular weight excluding hydrogens is 306 g/mol. The number of nitrogens with zero attached hydrogens (tertiary/aromatic N) is 2. The number of rotatable bonds is 5. The molecule has 2 aromatic carbocycles. The van der Waals surface area contributed by atoms with Crippen LogP contribution in [0.2, 0.25) is 0 Å². The first-order chi connectivity index (χ1) is 11.8. The SMILES string of the molecule is CCC(C)(C)c1cccc(-c2ccc3n[nH]nc3c2)c1C(C)(C)CC. The van der Waals surface area contributed by atoms with Crippen LogP contribution in [0.1, 0.15) is 65.5 Å². The van der Waals surface area contributed by atoms with Crippen LogP contribution in [-0.2, 0) is 10.8 Å². The Balaban J connectivity index is 2.30. The molecule has 132 valence electrons. The van der Waals surface area contributed by atoms with Crippen LogP contribution in [0.3, 0.4) is 0 Å². The topological polar surface area (TPSA) is 41.6 Å². The molecule has 0 unspecified atom stereocenters. The fourth-order valence-electron chi connectivity index (χ4n) is 3.46. The minimum atomic E-state index is 0.108. The molecule has 0 saturated carbocycles. The van der Waals surface area contributed by atoms with E-state index in [1.165, 1.54) is 22.3 Å². The molecule has 3 aromatic rings. The molecule has 0 aliphatic heterocycles. The number of aromatic amines is 1. The lowest BCUT2D eigenvalue weighted by atomic mass is 9.69. The molecule has 0 amide bonds. The molecule has 0 aliphatic carbocycles. The third kappa shape index (κ3) is 3.08. The first-order valence-corrected chi connectivity index (χ1v) is 9.25. The molecule has 0 spiro atoms. The summed E-state index contributed by atoms with van der Waals surface area (Å²) in [6, 6.07) is 13.1. The zero-order valence-electron chi connectivity index (χ0n) is 16.3. The molecule has 3 rings (SSSR count). The molecule has 0 atom stereocenters. The summed E-state index contributed by atoms with van der Waals surface area (Å²) in [6.45, 7) is 14.0. The van der Waals surface area contributed by atoms with Crippen molar-refractivity contribution in [2.24, 2.45) is 0 Å². The van der Waals surface area contributed by atoms with E-state index in [1.54, 1.807) is 0 Å². The standard InChI is InChI=1S/C22H29N3/c1-7-21(3,4)17-11-9-10-16(20(17)22(5,6)8-2)15-12-13-18-19(14-15)24-25-23-18/h9-14H,7-8H2,1-6H3,(H,23,24,25). The van der Waals surface area contributed by atoms with Gasteiger partial charge in [0.1, 0.15) is 11.0 Å². The van der Waals surface area contributed by atoms with Gasteiger partial charge in [-0.2, -0.15) is 15.4 Å². The van der Waals surface area contributed by atoms with Crippen LogP contribution < -0.4 is 0 Å². The number of aromatic nitrogens is 3. The highest BCUT2D eigenvalue weighted by Crippen LogP contribution is 2.43. The summed E-state index contributed by atoms with van der Waals surface area (Å²) < 4.78 is 0. The van der Waals surface area contributed by atoms with Gasteiger partial charge in [-0.25, -0.2) is 0 Å². The van der Waals surface area contributed by atoms with Gasteiger partial charge in [-0.3, -0.25) is 0 Å². The van der Waals surface area contributed by atoms with Crippen LogP contribution in [0, 0.1) is 0 Å². The van der Waals surface area contributed by atoms with E-state index in [4.69, 9.17) is 0 Å². The maximum Gasteiger partial charge on any atom is 0.113 e. The Morgan fingerprint density at radius 3 is 2.20 bits per heavy atom. The number of H-pyrrole nitrogens is 1. The minimum absolute atomic E-state index is 0.108. The van der Waals surface area contributed by atoms with Gasteiger partial charge in [-0.05, 0) is 58.1 Å². The summed E-state index contributed by atoms with van der Waals surface area (Å²) in [5.74, 6) is 0. The lowest BCUT2D eigenvalue weighted by Gasteiger charge is -2.35. The van der Waals surface area contributed by atoms with Gasteiger partial charge in [0.05, 0.1) is 0 Å². The van der Waals surface area contributed by atoms with E-state index in [0.717, 1.165) is 23.9 Å². The maximum absolute atomic E-state index is 4.27. The van der Waals surface area contributed by atoms with Gasteiger partial charge in [-0.15, -0.1) is 0 Å². The lowest BCUT2D eigenvalue weighted by molar-refractivity contribution is 0.456. The summed E-state index contributed by atoms with van der Waals surface area (Å²) in [5, 5.41) is 11.2. The van der Waals surface area contributed by atoms with E-state index >= 15 is 0 Å². The average Bonchev–Trinajstić information content (AvgIpc) is 3.08. The summed E-state index contributed by atoms with van der Waals surface area (Å²) in [6.07, 6.45) is 2.22. The quantitative estimate of drug-likeness (QED) is 0.621. The number of fused-ring (bicyclic) bond motifs is 1. The van der Waals surface area contributed by atoms with Crippen LogP contribution >= 0.6 is 0 Å². The van der Waals surface area contributed by atoms with E-state index in [9.17, 15) is 0 Å². The van der Waals surface area contributed by atoms with Gasteiger partial charge >= 0.3 is 0 Å². The fourth-order valence-corrected chi connectivity index (χ4v) is 3.46. The van der Waals surface area contributed by atoms with E-state index in [-0.39, 0.29) is 10.8 Å². The fraction of sp³-hybridized carbons (Fsp3) is 0.455. The highest BCUT2D eigenvalue weighted by atomic mass is 15.3. The Hall–Kier alpha value is -2.16. The van der Waals surface area contributed by atoms with Crippen LogP contribution in [0.5, 0.6) is 0 Å². The van der Waals surface area contributed by atoms with Crippen molar-refractivity contribution >= 4 is 11.0 Å². The monoisotopic (exact) mass is 335 g/mol. The summed E-state index contributed by atoms with van der Waals surface area (Å²) >= 11 is 0. The third-order valence-electron chi connectivity index (χ3n) is 5.87. The highest BCUT2D eigenvalue weighted by Gasteiger charge is 2.31. The Morgan fingerprint density at radius 2 is 1.52 bits per heavy atom. The van der Waals surface area contributed by atoms with Crippen molar-refractivity contribution in [2.45, 2.75) is 65.2 Å². The van der Waals surface area contributed by atoms with Crippen LogP contribution in [-0.4, -0.2) is 15.4 Å². The molecule has 0 saturated heterocycles. The van der Waals surface area contributed by atoms with Gasteiger partial charge in [0, 0.05) is 0 Å². The van der Waals surface area contributed by atoms with Gasteiger partial charge in [-0.1, -0.05) is 65.8 Å². The molecule has 1 N–H and O–H groups in total. The highest BCUT2D eigenvalue weighted by molar-refractivity contribution is 5.82. The normalized spacial score (nSPS) is 12.7. The van der Waals surface area contributed by atoms with Crippen molar-refractivity contribution in [3.8, 4) is 11.1 Å². The lowest BCUT2D eigenvalue weighted by Crippen LogP contribution is -2.26.